The first-order chi connectivity index (χ1) is 12.0. The lowest BCUT2D eigenvalue weighted by Crippen LogP contribution is -2.54. The van der Waals surface area contributed by atoms with Crippen LogP contribution in [-0.4, -0.2) is 30.1 Å². The number of urea groups is 1. The van der Waals surface area contributed by atoms with E-state index in [2.05, 4.69) is 5.32 Å². The molecule has 0 unspecified atom stereocenters. The SMILES string of the molecule is COc1ccc(/C=C2\C(=O)NC(=O)N(c3ccc(O)cc3)C2=O)cc1. The first kappa shape index (κ1) is 16.3. The lowest BCUT2D eigenvalue weighted by molar-refractivity contribution is -0.122. The molecule has 0 radical (unpaired) electrons. The molecule has 1 heterocycles. The summed E-state index contributed by atoms with van der Waals surface area (Å²) >= 11 is 0. The zero-order chi connectivity index (χ0) is 18.0. The summed E-state index contributed by atoms with van der Waals surface area (Å²) in [5, 5.41) is 11.5. The van der Waals surface area contributed by atoms with Crippen molar-refractivity contribution in [1.29, 1.82) is 0 Å². The average Bonchev–Trinajstić information content (AvgIpc) is 2.60. The van der Waals surface area contributed by atoms with Crippen LogP contribution in [0.5, 0.6) is 11.5 Å². The molecule has 7 nitrogen and oxygen atoms in total. The Morgan fingerprint density at radius 1 is 1.00 bits per heavy atom. The predicted octanol–water partition coefficient (Wildman–Crippen LogP) is 2.07. The number of anilines is 1. The van der Waals surface area contributed by atoms with Crippen LogP contribution in [0.3, 0.4) is 0 Å². The van der Waals surface area contributed by atoms with Crippen LogP contribution in [0.25, 0.3) is 6.08 Å². The molecule has 0 saturated carbocycles. The molecule has 126 valence electrons. The lowest BCUT2D eigenvalue weighted by Gasteiger charge is -2.26. The summed E-state index contributed by atoms with van der Waals surface area (Å²) in [5.74, 6) is -0.864. The molecule has 0 spiro atoms. The smallest absolute Gasteiger partial charge is 0.335 e. The zero-order valence-corrected chi connectivity index (χ0v) is 13.2. The van der Waals surface area contributed by atoms with Gasteiger partial charge in [0.1, 0.15) is 17.1 Å². The normalized spacial score (nSPS) is 16.1. The van der Waals surface area contributed by atoms with Crippen molar-refractivity contribution < 1.29 is 24.2 Å². The van der Waals surface area contributed by atoms with E-state index in [0.717, 1.165) is 4.90 Å². The van der Waals surface area contributed by atoms with Gasteiger partial charge in [0.25, 0.3) is 11.8 Å². The molecule has 1 aliphatic rings. The van der Waals surface area contributed by atoms with Gasteiger partial charge in [-0.2, -0.15) is 0 Å². The van der Waals surface area contributed by atoms with Gasteiger partial charge in [0, 0.05) is 0 Å². The molecule has 7 heteroatoms. The number of phenols is 1. The van der Waals surface area contributed by atoms with Crippen LogP contribution in [-0.2, 0) is 9.59 Å². The Balaban J connectivity index is 1.97. The van der Waals surface area contributed by atoms with Gasteiger partial charge in [0.05, 0.1) is 12.8 Å². The standard InChI is InChI=1S/C18H14N2O5/c1-25-14-8-2-11(3-9-14)10-15-16(22)19-18(24)20(17(15)23)12-4-6-13(21)7-5-12/h2-10,21H,1H3,(H,19,22,24)/b15-10+. The number of carbonyl (C=O) groups is 3. The summed E-state index contributed by atoms with van der Waals surface area (Å²) < 4.78 is 5.06. The van der Waals surface area contributed by atoms with Gasteiger partial charge in [-0.3, -0.25) is 14.9 Å². The number of amides is 4. The molecule has 1 aliphatic heterocycles. The first-order valence-corrected chi connectivity index (χ1v) is 7.34. The maximum Gasteiger partial charge on any atom is 0.335 e. The molecule has 0 aliphatic carbocycles. The molecule has 2 N–H and O–H groups in total. The van der Waals surface area contributed by atoms with Crippen molar-refractivity contribution in [2.45, 2.75) is 0 Å². The number of nitrogens with one attached hydrogen (secondary N) is 1. The van der Waals surface area contributed by atoms with Crippen molar-refractivity contribution in [3.8, 4) is 11.5 Å². The molecule has 1 fully saturated rings. The van der Waals surface area contributed by atoms with Crippen LogP contribution in [0, 0.1) is 0 Å². The molecule has 3 rings (SSSR count). The number of imide groups is 2. The van der Waals surface area contributed by atoms with Crippen LogP contribution in [0.15, 0.2) is 54.1 Å². The minimum absolute atomic E-state index is 0.00121. The highest BCUT2D eigenvalue weighted by molar-refractivity contribution is 6.39. The van der Waals surface area contributed by atoms with Crippen LogP contribution >= 0.6 is 0 Å². The fourth-order valence-electron chi connectivity index (χ4n) is 2.36. The minimum Gasteiger partial charge on any atom is -0.508 e. The summed E-state index contributed by atoms with van der Waals surface area (Å²) in [6.07, 6.45) is 1.40. The second kappa shape index (κ2) is 6.48. The first-order valence-electron chi connectivity index (χ1n) is 7.34. The van der Waals surface area contributed by atoms with E-state index in [1.54, 1.807) is 24.3 Å². The minimum atomic E-state index is -0.840. The van der Waals surface area contributed by atoms with Crippen molar-refractivity contribution in [3.05, 3.63) is 59.7 Å². The Morgan fingerprint density at radius 2 is 1.64 bits per heavy atom. The molecule has 25 heavy (non-hydrogen) atoms. The number of hydrogen-bond acceptors (Lipinski definition) is 5. The van der Waals surface area contributed by atoms with Crippen molar-refractivity contribution in [2.24, 2.45) is 0 Å². The van der Waals surface area contributed by atoms with Gasteiger partial charge in [-0.15, -0.1) is 0 Å². The quantitative estimate of drug-likeness (QED) is 0.660. The highest BCUT2D eigenvalue weighted by atomic mass is 16.5. The molecule has 1 saturated heterocycles. The molecule has 0 bridgehead atoms. The Bertz CT molecular complexity index is 869. The van der Waals surface area contributed by atoms with Gasteiger partial charge in [-0.1, -0.05) is 12.1 Å². The predicted molar refractivity (Wildman–Crippen MR) is 90.1 cm³/mol. The van der Waals surface area contributed by atoms with E-state index in [9.17, 15) is 19.5 Å². The van der Waals surface area contributed by atoms with Crippen LogP contribution in [0.4, 0.5) is 10.5 Å². The fourth-order valence-corrected chi connectivity index (χ4v) is 2.36. The molecule has 0 atom stereocenters. The van der Waals surface area contributed by atoms with Crippen molar-refractivity contribution in [3.63, 3.8) is 0 Å². The van der Waals surface area contributed by atoms with E-state index in [1.165, 1.54) is 37.5 Å². The zero-order valence-electron chi connectivity index (χ0n) is 13.2. The van der Waals surface area contributed by atoms with Crippen LogP contribution in [0.1, 0.15) is 5.56 Å². The van der Waals surface area contributed by atoms with Crippen molar-refractivity contribution in [2.75, 3.05) is 12.0 Å². The Morgan fingerprint density at radius 3 is 2.24 bits per heavy atom. The molecule has 2 aromatic rings. The van der Waals surface area contributed by atoms with E-state index in [-0.39, 0.29) is 17.0 Å². The van der Waals surface area contributed by atoms with Crippen LogP contribution in [0.2, 0.25) is 0 Å². The second-order valence-electron chi connectivity index (χ2n) is 5.25. The van der Waals surface area contributed by atoms with E-state index >= 15 is 0 Å². The van der Waals surface area contributed by atoms with Gasteiger partial charge in [-0.05, 0) is 48.0 Å². The lowest BCUT2D eigenvalue weighted by atomic mass is 10.1. The number of nitrogens with zero attached hydrogens (tertiary/aromatic N) is 1. The molecule has 2 aromatic carbocycles. The van der Waals surface area contributed by atoms with Gasteiger partial charge in [0.2, 0.25) is 0 Å². The van der Waals surface area contributed by atoms with Gasteiger partial charge < -0.3 is 9.84 Å². The summed E-state index contributed by atoms with van der Waals surface area (Å²) in [7, 11) is 1.53. The van der Waals surface area contributed by atoms with E-state index < -0.39 is 17.8 Å². The Labute approximate surface area is 143 Å². The highest BCUT2D eigenvalue weighted by Gasteiger charge is 2.36. The third kappa shape index (κ3) is 3.20. The monoisotopic (exact) mass is 338 g/mol. The Kier molecular flexibility index (Phi) is 4.21. The van der Waals surface area contributed by atoms with Gasteiger partial charge >= 0.3 is 6.03 Å². The number of ether oxygens (including phenoxy) is 1. The third-order valence-electron chi connectivity index (χ3n) is 3.64. The summed E-state index contributed by atoms with van der Waals surface area (Å²) in [4.78, 5) is 37.6. The number of phenolic OH excluding ortho intramolecular Hbond substituents is 1. The number of hydrogen-bond donors (Lipinski definition) is 2. The molecule has 0 aromatic heterocycles. The number of methoxy groups -OCH3 is 1. The van der Waals surface area contributed by atoms with E-state index in [1.807, 2.05) is 0 Å². The average molecular weight is 338 g/mol. The summed E-state index contributed by atoms with van der Waals surface area (Å²) in [6.45, 7) is 0. The maximum absolute atomic E-state index is 12.6. The van der Waals surface area contributed by atoms with Crippen LogP contribution < -0.4 is 15.0 Å². The Hall–Kier alpha value is -3.61. The molecular formula is C18H14N2O5. The van der Waals surface area contributed by atoms with Crippen molar-refractivity contribution >= 4 is 29.6 Å². The largest absolute Gasteiger partial charge is 0.508 e. The van der Waals surface area contributed by atoms with E-state index in [0.29, 0.717) is 11.3 Å². The number of aromatic hydroxyl groups is 1. The maximum atomic E-state index is 12.6. The summed E-state index contributed by atoms with van der Waals surface area (Å²) in [5.41, 5.74) is 0.686. The van der Waals surface area contributed by atoms with Gasteiger partial charge in [-0.25, -0.2) is 9.69 Å². The van der Waals surface area contributed by atoms with Crippen molar-refractivity contribution in [1.82, 2.24) is 5.32 Å². The number of carbonyl (C=O) groups excluding carboxylic acids is 3. The van der Waals surface area contributed by atoms with Gasteiger partial charge in [0.15, 0.2) is 0 Å². The topological polar surface area (TPSA) is 95.9 Å². The third-order valence-corrected chi connectivity index (χ3v) is 3.64. The number of benzene rings is 2. The highest BCUT2D eigenvalue weighted by Crippen LogP contribution is 2.24. The molecular weight excluding hydrogens is 324 g/mol. The fraction of sp³-hybridized carbons (Fsp3) is 0.0556. The number of barbiturate groups is 1. The number of rotatable bonds is 3. The second-order valence-corrected chi connectivity index (χ2v) is 5.25. The summed E-state index contributed by atoms with van der Waals surface area (Å²) in [6, 6.07) is 11.4. The van der Waals surface area contributed by atoms with E-state index in [4.69, 9.17) is 4.74 Å². The molecule has 4 amide bonds.